The molecule has 39 heavy (non-hydrogen) atoms. The maximum absolute atomic E-state index is 13.3. The number of amides is 4. The van der Waals surface area contributed by atoms with Gasteiger partial charge in [-0.25, -0.2) is 9.78 Å². The van der Waals surface area contributed by atoms with E-state index in [4.69, 9.17) is 4.74 Å². The van der Waals surface area contributed by atoms with Crippen molar-refractivity contribution in [3.8, 4) is 11.5 Å². The summed E-state index contributed by atoms with van der Waals surface area (Å²) in [7, 11) is 0. The molecule has 0 radical (unpaired) electrons. The predicted molar refractivity (Wildman–Crippen MR) is 148 cm³/mol. The Morgan fingerprint density at radius 2 is 1.85 bits per heavy atom. The van der Waals surface area contributed by atoms with Crippen LogP contribution in [-0.4, -0.2) is 58.1 Å². The van der Waals surface area contributed by atoms with E-state index >= 15 is 0 Å². The Kier molecular flexibility index (Phi) is 6.21. The van der Waals surface area contributed by atoms with E-state index in [0.29, 0.717) is 38.8 Å². The number of benzene rings is 2. The number of pyridine rings is 1. The van der Waals surface area contributed by atoms with Gasteiger partial charge < -0.3 is 25.4 Å². The minimum atomic E-state index is -0.920. The second-order valence-corrected chi connectivity index (χ2v) is 10.1. The van der Waals surface area contributed by atoms with Gasteiger partial charge in [0.25, 0.3) is 5.91 Å². The minimum Gasteiger partial charge on any atom is -0.457 e. The van der Waals surface area contributed by atoms with E-state index < -0.39 is 24.1 Å². The lowest BCUT2D eigenvalue weighted by Gasteiger charge is -2.28. The lowest BCUT2D eigenvalue weighted by Crippen LogP contribution is -2.43. The maximum Gasteiger partial charge on any atom is 0.331 e. The molecule has 0 spiro atoms. The number of hydrogen-bond donors (Lipinski definition) is 3. The molecule has 4 heterocycles. The highest BCUT2D eigenvalue weighted by Gasteiger charge is 2.37. The topological polar surface area (TPSA) is 124 Å². The number of nitrogens with one attached hydrogen (secondary N) is 2. The van der Waals surface area contributed by atoms with Gasteiger partial charge in [0.05, 0.1) is 34.6 Å². The number of aliphatic hydroxyl groups excluding tert-OH is 1. The molecule has 1 unspecified atom stereocenters. The van der Waals surface area contributed by atoms with E-state index in [1.165, 1.54) is 15.9 Å². The number of carbonyl (C=O) groups is 3. The van der Waals surface area contributed by atoms with Crippen LogP contribution in [0.25, 0.3) is 10.2 Å². The zero-order valence-electron chi connectivity index (χ0n) is 20.5. The van der Waals surface area contributed by atoms with Crippen LogP contribution in [0.1, 0.15) is 9.67 Å². The standard InChI is InChI=1S/C28H23N5O5S/c1-2-22(35)32-14-19(21(34)15-32)30-26(36)25-24-23-20(12-13-29-27(23)39-25)33(28(37)31-24)16-8-10-18(11-9-16)38-17-6-4-3-5-7-17/h2-13,19,21,34H,1,14-15H2,(H,30,36)(H,31,37)/t19?,21-/m0/s1. The number of anilines is 3. The van der Waals surface area contributed by atoms with Crippen LogP contribution >= 0.6 is 11.3 Å². The molecule has 196 valence electrons. The zero-order valence-corrected chi connectivity index (χ0v) is 21.4. The van der Waals surface area contributed by atoms with Crippen LogP contribution in [0.4, 0.5) is 21.9 Å². The molecule has 3 N–H and O–H groups in total. The van der Waals surface area contributed by atoms with Crippen LogP contribution in [0.3, 0.4) is 0 Å². The van der Waals surface area contributed by atoms with Gasteiger partial charge in [-0.1, -0.05) is 24.8 Å². The number of carbonyl (C=O) groups excluding carboxylic acids is 3. The van der Waals surface area contributed by atoms with Crippen molar-refractivity contribution < 1.29 is 24.2 Å². The first-order chi connectivity index (χ1) is 18.9. The third-order valence-corrected chi connectivity index (χ3v) is 7.71. The predicted octanol–water partition coefficient (Wildman–Crippen LogP) is 4.26. The maximum atomic E-state index is 13.3. The molecule has 2 atom stereocenters. The summed E-state index contributed by atoms with van der Waals surface area (Å²) >= 11 is 1.15. The quantitative estimate of drug-likeness (QED) is 0.314. The number of aromatic nitrogens is 1. The molecule has 0 bridgehead atoms. The highest BCUT2D eigenvalue weighted by Crippen LogP contribution is 2.45. The number of para-hydroxylation sites is 1. The Hall–Kier alpha value is -4.74. The Bertz CT molecular complexity index is 1600. The molecule has 2 aliphatic rings. The van der Waals surface area contributed by atoms with E-state index in [-0.39, 0.29) is 23.9 Å². The Morgan fingerprint density at radius 3 is 2.59 bits per heavy atom. The van der Waals surface area contributed by atoms with E-state index in [0.717, 1.165) is 11.3 Å². The smallest absolute Gasteiger partial charge is 0.331 e. The largest absolute Gasteiger partial charge is 0.457 e. The molecule has 4 aromatic rings. The Morgan fingerprint density at radius 1 is 1.10 bits per heavy atom. The van der Waals surface area contributed by atoms with E-state index in [9.17, 15) is 19.5 Å². The summed E-state index contributed by atoms with van der Waals surface area (Å²) in [6, 6.07) is 17.2. The number of thiophene rings is 1. The van der Waals surface area contributed by atoms with Gasteiger partial charge in [0.15, 0.2) is 0 Å². The third kappa shape index (κ3) is 4.47. The van der Waals surface area contributed by atoms with Crippen molar-refractivity contribution >= 4 is 56.5 Å². The fourth-order valence-electron chi connectivity index (χ4n) is 4.76. The number of nitrogens with zero attached hydrogens (tertiary/aromatic N) is 3. The summed E-state index contributed by atoms with van der Waals surface area (Å²) in [4.78, 5) is 46.8. The highest BCUT2D eigenvalue weighted by atomic mass is 32.1. The van der Waals surface area contributed by atoms with E-state index in [1.54, 1.807) is 36.5 Å². The number of aliphatic hydroxyl groups is 1. The van der Waals surface area contributed by atoms with Crippen LogP contribution in [-0.2, 0) is 4.79 Å². The van der Waals surface area contributed by atoms with Crippen molar-refractivity contribution in [2.24, 2.45) is 0 Å². The first-order valence-corrected chi connectivity index (χ1v) is 13.0. The minimum absolute atomic E-state index is 0.0989. The molecule has 4 amide bonds. The number of β-amino-alcohol motifs (C(OH)–C–C–N with tert-alkyl or cyclic N) is 1. The van der Waals surface area contributed by atoms with Crippen LogP contribution in [0.2, 0.25) is 0 Å². The number of rotatable bonds is 6. The number of hydrogen-bond acceptors (Lipinski definition) is 7. The summed E-state index contributed by atoms with van der Waals surface area (Å²) < 4.78 is 5.86. The Labute approximate surface area is 227 Å². The molecular formula is C28H23N5O5S. The molecule has 2 aliphatic heterocycles. The molecule has 0 aliphatic carbocycles. The molecule has 0 saturated carbocycles. The second kappa shape index (κ2) is 9.86. The molecular weight excluding hydrogens is 518 g/mol. The van der Waals surface area contributed by atoms with Gasteiger partial charge in [0.1, 0.15) is 21.2 Å². The summed E-state index contributed by atoms with van der Waals surface area (Å²) in [5.74, 6) is 0.547. The van der Waals surface area contributed by atoms with Gasteiger partial charge in [-0.2, -0.15) is 0 Å². The molecule has 10 nitrogen and oxygen atoms in total. The summed E-state index contributed by atoms with van der Waals surface area (Å²) in [6.07, 6.45) is 1.85. The van der Waals surface area contributed by atoms with Gasteiger partial charge in [-0.15, -0.1) is 11.3 Å². The monoisotopic (exact) mass is 541 g/mol. The molecule has 1 fully saturated rings. The number of ether oxygens (including phenoxy) is 1. The van der Waals surface area contributed by atoms with Crippen molar-refractivity contribution in [1.29, 1.82) is 0 Å². The Balaban J connectivity index is 1.27. The SMILES string of the molecule is C=CC(=O)N1CC(NC(=O)c2sc3nccc4c3c2NC(=O)N4c2ccc(Oc3ccccc3)cc2)[C@@H](O)C1. The molecule has 2 aromatic heterocycles. The fraction of sp³-hybridized carbons (Fsp3) is 0.143. The normalized spacial score (nSPS) is 18.1. The summed E-state index contributed by atoms with van der Waals surface area (Å²) in [6.45, 7) is 3.72. The number of urea groups is 1. The zero-order chi connectivity index (χ0) is 27.1. The van der Waals surface area contributed by atoms with E-state index in [2.05, 4.69) is 22.2 Å². The van der Waals surface area contributed by atoms with Crippen molar-refractivity contribution in [3.63, 3.8) is 0 Å². The van der Waals surface area contributed by atoms with Crippen LogP contribution in [0.15, 0.2) is 79.5 Å². The van der Waals surface area contributed by atoms with Crippen LogP contribution < -0.4 is 20.3 Å². The lowest BCUT2D eigenvalue weighted by molar-refractivity contribution is -0.125. The number of likely N-dealkylation sites (tertiary alicyclic amines) is 1. The first-order valence-electron chi connectivity index (χ1n) is 12.2. The summed E-state index contributed by atoms with van der Waals surface area (Å²) in [5, 5.41) is 16.7. The molecule has 11 heteroatoms. The van der Waals surface area contributed by atoms with Crippen LogP contribution in [0, 0.1) is 0 Å². The van der Waals surface area contributed by atoms with Gasteiger partial charge in [-0.05, 0) is 48.5 Å². The van der Waals surface area contributed by atoms with Crippen molar-refractivity contribution in [1.82, 2.24) is 15.2 Å². The molecule has 6 rings (SSSR count). The average Bonchev–Trinajstić information content (AvgIpc) is 3.50. The van der Waals surface area contributed by atoms with E-state index in [1.807, 2.05) is 30.3 Å². The molecule has 1 saturated heterocycles. The van der Waals surface area contributed by atoms with Gasteiger partial charge in [0, 0.05) is 19.3 Å². The van der Waals surface area contributed by atoms with Crippen LogP contribution in [0.5, 0.6) is 11.5 Å². The fourth-order valence-corrected chi connectivity index (χ4v) is 5.78. The van der Waals surface area contributed by atoms with Gasteiger partial charge in [-0.3, -0.25) is 14.5 Å². The van der Waals surface area contributed by atoms with Gasteiger partial charge in [0.2, 0.25) is 5.91 Å². The van der Waals surface area contributed by atoms with Crippen molar-refractivity contribution in [2.75, 3.05) is 23.3 Å². The first kappa shape index (κ1) is 24.6. The van der Waals surface area contributed by atoms with Crippen molar-refractivity contribution in [3.05, 3.63) is 84.4 Å². The van der Waals surface area contributed by atoms with Crippen molar-refractivity contribution in [2.45, 2.75) is 12.1 Å². The molecule has 2 aromatic carbocycles. The average molecular weight is 542 g/mol. The summed E-state index contributed by atoms with van der Waals surface area (Å²) in [5.41, 5.74) is 1.58. The third-order valence-electron chi connectivity index (χ3n) is 6.62. The highest BCUT2D eigenvalue weighted by molar-refractivity contribution is 7.21. The lowest BCUT2D eigenvalue weighted by atomic mass is 10.1. The van der Waals surface area contributed by atoms with Gasteiger partial charge >= 0.3 is 6.03 Å². The second-order valence-electron chi connectivity index (χ2n) is 9.09.